The van der Waals surface area contributed by atoms with E-state index in [0.717, 1.165) is 11.3 Å². The highest BCUT2D eigenvalue weighted by molar-refractivity contribution is 5.81. The van der Waals surface area contributed by atoms with Gasteiger partial charge in [0.15, 0.2) is 17.6 Å². The first kappa shape index (κ1) is 19.4. The lowest BCUT2D eigenvalue weighted by molar-refractivity contribution is -0.128. The number of ether oxygens (including phenoxy) is 4. The normalized spacial score (nSPS) is 11.4. The van der Waals surface area contributed by atoms with Crippen LogP contribution in [0.1, 0.15) is 18.9 Å². The third kappa shape index (κ3) is 5.05. The standard InChI is InChI=1S/C20H25NO5/c1-5-17(26-16-9-7-15(23-2)8-10-16)20(22)21-13-14-6-11-18(24-3)19(12-14)25-4/h6-12,17H,5,13H2,1-4H3,(H,21,22). The zero-order valence-electron chi connectivity index (χ0n) is 15.6. The molecule has 0 saturated carbocycles. The second-order valence-corrected chi connectivity index (χ2v) is 5.60. The summed E-state index contributed by atoms with van der Waals surface area (Å²) in [4.78, 5) is 12.4. The van der Waals surface area contributed by atoms with Gasteiger partial charge in [0.05, 0.1) is 21.3 Å². The van der Waals surface area contributed by atoms with E-state index in [2.05, 4.69) is 5.32 Å². The molecule has 0 aliphatic heterocycles. The first-order valence-electron chi connectivity index (χ1n) is 8.40. The predicted octanol–water partition coefficient (Wildman–Crippen LogP) is 3.19. The molecule has 0 heterocycles. The lowest BCUT2D eigenvalue weighted by Crippen LogP contribution is -2.37. The average Bonchev–Trinajstić information content (AvgIpc) is 2.70. The Morgan fingerprint density at radius 1 is 0.923 bits per heavy atom. The fourth-order valence-corrected chi connectivity index (χ4v) is 2.43. The minimum Gasteiger partial charge on any atom is -0.497 e. The first-order chi connectivity index (χ1) is 12.6. The second-order valence-electron chi connectivity index (χ2n) is 5.60. The van der Waals surface area contributed by atoms with Crippen molar-refractivity contribution >= 4 is 5.91 Å². The summed E-state index contributed by atoms with van der Waals surface area (Å²) in [5.41, 5.74) is 0.912. The molecule has 1 N–H and O–H groups in total. The van der Waals surface area contributed by atoms with Crippen molar-refractivity contribution in [3.05, 3.63) is 48.0 Å². The summed E-state index contributed by atoms with van der Waals surface area (Å²) in [5.74, 6) is 2.47. The van der Waals surface area contributed by atoms with Crippen LogP contribution in [0.3, 0.4) is 0 Å². The van der Waals surface area contributed by atoms with E-state index in [1.165, 1.54) is 0 Å². The van der Waals surface area contributed by atoms with Crippen LogP contribution in [-0.4, -0.2) is 33.3 Å². The van der Waals surface area contributed by atoms with E-state index < -0.39 is 6.10 Å². The molecule has 0 bridgehead atoms. The van der Waals surface area contributed by atoms with Crippen LogP contribution in [-0.2, 0) is 11.3 Å². The maximum atomic E-state index is 12.4. The number of hydrogen-bond donors (Lipinski definition) is 1. The highest BCUT2D eigenvalue weighted by Crippen LogP contribution is 2.27. The average molecular weight is 359 g/mol. The van der Waals surface area contributed by atoms with Gasteiger partial charge in [0.1, 0.15) is 11.5 Å². The number of carbonyl (C=O) groups excluding carboxylic acids is 1. The van der Waals surface area contributed by atoms with Crippen molar-refractivity contribution in [3.63, 3.8) is 0 Å². The van der Waals surface area contributed by atoms with Gasteiger partial charge in [-0.25, -0.2) is 0 Å². The highest BCUT2D eigenvalue weighted by Gasteiger charge is 2.18. The van der Waals surface area contributed by atoms with Crippen LogP contribution in [0.5, 0.6) is 23.0 Å². The van der Waals surface area contributed by atoms with Crippen LogP contribution in [0.25, 0.3) is 0 Å². The van der Waals surface area contributed by atoms with Gasteiger partial charge in [0.2, 0.25) is 0 Å². The van der Waals surface area contributed by atoms with E-state index in [4.69, 9.17) is 18.9 Å². The Morgan fingerprint density at radius 2 is 1.58 bits per heavy atom. The molecule has 0 aromatic heterocycles. The van der Waals surface area contributed by atoms with Crippen LogP contribution in [0, 0.1) is 0 Å². The van der Waals surface area contributed by atoms with Gasteiger partial charge in [-0.1, -0.05) is 13.0 Å². The van der Waals surface area contributed by atoms with Gasteiger partial charge < -0.3 is 24.3 Å². The zero-order valence-corrected chi connectivity index (χ0v) is 15.6. The number of nitrogens with one attached hydrogen (secondary N) is 1. The quantitative estimate of drug-likeness (QED) is 0.745. The van der Waals surface area contributed by atoms with Crippen molar-refractivity contribution in [3.8, 4) is 23.0 Å². The van der Waals surface area contributed by atoms with Gasteiger partial charge in [0.25, 0.3) is 5.91 Å². The largest absolute Gasteiger partial charge is 0.497 e. The molecular formula is C20H25NO5. The van der Waals surface area contributed by atoms with Gasteiger partial charge in [0, 0.05) is 6.54 Å². The molecule has 0 fully saturated rings. The number of hydrogen-bond acceptors (Lipinski definition) is 5. The van der Waals surface area contributed by atoms with Crippen molar-refractivity contribution in [1.29, 1.82) is 0 Å². The van der Waals surface area contributed by atoms with E-state index >= 15 is 0 Å². The lowest BCUT2D eigenvalue weighted by Gasteiger charge is -2.18. The molecule has 1 unspecified atom stereocenters. The third-order valence-electron chi connectivity index (χ3n) is 3.92. The number of benzene rings is 2. The van der Waals surface area contributed by atoms with Crippen LogP contribution in [0.4, 0.5) is 0 Å². The van der Waals surface area contributed by atoms with E-state index in [0.29, 0.717) is 30.2 Å². The maximum Gasteiger partial charge on any atom is 0.261 e. The molecule has 6 heteroatoms. The van der Waals surface area contributed by atoms with E-state index in [1.54, 1.807) is 45.6 Å². The van der Waals surface area contributed by atoms with Crippen molar-refractivity contribution < 1.29 is 23.7 Å². The Bertz CT molecular complexity index is 715. The van der Waals surface area contributed by atoms with E-state index in [-0.39, 0.29) is 5.91 Å². The fourth-order valence-electron chi connectivity index (χ4n) is 2.43. The molecule has 26 heavy (non-hydrogen) atoms. The molecule has 0 aliphatic carbocycles. The Morgan fingerprint density at radius 3 is 2.15 bits per heavy atom. The van der Waals surface area contributed by atoms with Crippen LogP contribution >= 0.6 is 0 Å². The van der Waals surface area contributed by atoms with E-state index in [9.17, 15) is 4.79 Å². The molecule has 2 aromatic rings. The van der Waals surface area contributed by atoms with Crippen LogP contribution in [0.2, 0.25) is 0 Å². The Kier molecular flexibility index (Phi) is 7.14. The molecule has 2 rings (SSSR count). The zero-order chi connectivity index (χ0) is 18.9. The topological polar surface area (TPSA) is 66.0 Å². The molecule has 0 saturated heterocycles. The fraction of sp³-hybridized carbons (Fsp3) is 0.350. The monoisotopic (exact) mass is 359 g/mol. The molecule has 0 spiro atoms. The summed E-state index contributed by atoms with van der Waals surface area (Å²) in [6, 6.07) is 12.7. The smallest absolute Gasteiger partial charge is 0.261 e. The molecule has 2 aromatic carbocycles. The molecule has 6 nitrogen and oxygen atoms in total. The minimum atomic E-state index is -0.566. The van der Waals surface area contributed by atoms with Crippen molar-refractivity contribution in [2.45, 2.75) is 26.0 Å². The summed E-state index contributed by atoms with van der Waals surface area (Å²) in [6.45, 7) is 2.28. The SMILES string of the molecule is CCC(Oc1ccc(OC)cc1)C(=O)NCc1ccc(OC)c(OC)c1. The molecular weight excluding hydrogens is 334 g/mol. The third-order valence-corrected chi connectivity index (χ3v) is 3.92. The Labute approximate surface area is 154 Å². The van der Waals surface area contributed by atoms with Crippen molar-refractivity contribution in [2.75, 3.05) is 21.3 Å². The van der Waals surface area contributed by atoms with Gasteiger partial charge in [-0.2, -0.15) is 0 Å². The minimum absolute atomic E-state index is 0.168. The molecule has 1 atom stereocenters. The molecule has 0 radical (unpaired) electrons. The second kappa shape index (κ2) is 9.56. The number of carbonyl (C=O) groups is 1. The lowest BCUT2D eigenvalue weighted by atomic mass is 10.2. The summed E-state index contributed by atoms with van der Waals surface area (Å²) < 4.78 is 21.4. The van der Waals surface area contributed by atoms with Crippen molar-refractivity contribution in [1.82, 2.24) is 5.32 Å². The summed E-state index contributed by atoms with van der Waals surface area (Å²) >= 11 is 0. The van der Waals surface area contributed by atoms with Crippen molar-refractivity contribution in [2.24, 2.45) is 0 Å². The first-order valence-corrected chi connectivity index (χ1v) is 8.40. The predicted molar refractivity (Wildman–Crippen MR) is 99.1 cm³/mol. The van der Waals surface area contributed by atoms with Gasteiger partial charge >= 0.3 is 0 Å². The van der Waals surface area contributed by atoms with Gasteiger partial charge in [-0.15, -0.1) is 0 Å². The van der Waals surface area contributed by atoms with Crippen LogP contribution in [0.15, 0.2) is 42.5 Å². The number of amides is 1. The summed E-state index contributed by atoms with van der Waals surface area (Å²) in [6.07, 6.45) is -0.00685. The highest BCUT2D eigenvalue weighted by atomic mass is 16.5. The molecule has 1 amide bonds. The summed E-state index contributed by atoms with van der Waals surface area (Å²) in [7, 11) is 4.77. The van der Waals surface area contributed by atoms with Crippen LogP contribution < -0.4 is 24.3 Å². The van der Waals surface area contributed by atoms with Gasteiger partial charge in [-0.3, -0.25) is 4.79 Å². The number of methoxy groups -OCH3 is 3. The summed E-state index contributed by atoms with van der Waals surface area (Å²) in [5, 5.41) is 2.90. The molecule has 140 valence electrons. The molecule has 0 aliphatic rings. The Hall–Kier alpha value is -2.89. The Balaban J connectivity index is 1.96. The number of rotatable bonds is 9. The maximum absolute atomic E-state index is 12.4. The van der Waals surface area contributed by atoms with Gasteiger partial charge in [-0.05, 0) is 48.4 Å². The van der Waals surface area contributed by atoms with E-state index in [1.807, 2.05) is 25.1 Å².